The predicted octanol–water partition coefficient (Wildman–Crippen LogP) is 3.63. The standard InChI is InChI=1S/C23H28ClN5O/c1-18-7-6-10-21-19(17-26-29(18)21)23(30)25-11-4-5-12-27-13-15-28(16-14-27)22-9-3-2-8-20(22)24/h2-3,6-10,17H,4-5,11-16H2,1H3,(H,25,30). The first kappa shape index (κ1) is 20.7. The maximum Gasteiger partial charge on any atom is 0.255 e. The summed E-state index contributed by atoms with van der Waals surface area (Å²) >= 11 is 6.32. The quantitative estimate of drug-likeness (QED) is 0.587. The van der Waals surface area contributed by atoms with Gasteiger partial charge in [0.25, 0.3) is 5.91 Å². The van der Waals surface area contributed by atoms with Crippen LogP contribution in [0.3, 0.4) is 0 Å². The summed E-state index contributed by atoms with van der Waals surface area (Å²) in [7, 11) is 0. The number of piperazine rings is 1. The SMILES string of the molecule is Cc1cccc2c(C(=O)NCCCCN3CCN(c4ccccc4Cl)CC3)cnn12. The summed E-state index contributed by atoms with van der Waals surface area (Å²) in [4.78, 5) is 17.4. The van der Waals surface area contributed by atoms with Crippen molar-refractivity contribution < 1.29 is 4.79 Å². The Morgan fingerprint density at radius 1 is 1.07 bits per heavy atom. The van der Waals surface area contributed by atoms with Gasteiger partial charge in [-0.15, -0.1) is 0 Å². The number of halogens is 1. The summed E-state index contributed by atoms with van der Waals surface area (Å²) in [6.07, 6.45) is 3.69. The number of amides is 1. The maximum absolute atomic E-state index is 12.5. The number of fused-ring (bicyclic) bond motifs is 1. The van der Waals surface area contributed by atoms with Crippen LogP contribution >= 0.6 is 11.6 Å². The molecule has 1 saturated heterocycles. The van der Waals surface area contributed by atoms with Crippen molar-refractivity contribution in [3.8, 4) is 0 Å². The van der Waals surface area contributed by atoms with Crippen molar-refractivity contribution in [2.75, 3.05) is 44.2 Å². The zero-order valence-corrected chi connectivity index (χ0v) is 18.1. The minimum Gasteiger partial charge on any atom is -0.368 e. The van der Waals surface area contributed by atoms with Crippen molar-refractivity contribution in [3.05, 3.63) is 64.9 Å². The summed E-state index contributed by atoms with van der Waals surface area (Å²) in [6.45, 7) is 7.79. The van der Waals surface area contributed by atoms with E-state index in [1.165, 1.54) is 0 Å². The molecule has 1 fully saturated rings. The lowest BCUT2D eigenvalue weighted by atomic mass is 10.2. The largest absolute Gasteiger partial charge is 0.368 e. The topological polar surface area (TPSA) is 52.9 Å². The number of hydrogen-bond acceptors (Lipinski definition) is 4. The molecule has 1 aromatic carbocycles. The van der Waals surface area contributed by atoms with Gasteiger partial charge in [0.2, 0.25) is 0 Å². The Kier molecular flexibility index (Phi) is 6.55. The van der Waals surface area contributed by atoms with E-state index in [9.17, 15) is 4.79 Å². The summed E-state index contributed by atoms with van der Waals surface area (Å²) in [5.41, 5.74) is 3.63. The molecule has 158 valence electrons. The fourth-order valence-electron chi connectivity index (χ4n) is 4.00. The van der Waals surface area contributed by atoms with E-state index >= 15 is 0 Å². The third-order valence-electron chi connectivity index (χ3n) is 5.73. The first-order valence-corrected chi connectivity index (χ1v) is 10.9. The number of anilines is 1. The molecule has 0 saturated carbocycles. The number of unbranched alkanes of at least 4 members (excludes halogenated alkanes) is 1. The van der Waals surface area contributed by atoms with Crippen LogP contribution in [0.2, 0.25) is 5.02 Å². The number of pyridine rings is 1. The number of para-hydroxylation sites is 1. The maximum atomic E-state index is 12.5. The Balaban J connectivity index is 1.17. The minimum atomic E-state index is -0.0519. The smallest absolute Gasteiger partial charge is 0.255 e. The van der Waals surface area contributed by atoms with Crippen molar-refractivity contribution in [1.29, 1.82) is 0 Å². The highest BCUT2D eigenvalue weighted by molar-refractivity contribution is 6.33. The Morgan fingerprint density at radius 3 is 2.67 bits per heavy atom. The van der Waals surface area contributed by atoms with Gasteiger partial charge in [-0.2, -0.15) is 5.10 Å². The number of benzene rings is 1. The van der Waals surface area contributed by atoms with Crippen LogP contribution in [-0.2, 0) is 0 Å². The van der Waals surface area contributed by atoms with E-state index in [4.69, 9.17) is 11.6 Å². The van der Waals surface area contributed by atoms with Gasteiger partial charge in [-0.05, 0) is 50.6 Å². The minimum absolute atomic E-state index is 0.0519. The molecule has 0 unspecified atom stereocenters. The summed E-state index contributed by atoms with van der Waals surface area (Å²) < 4.78 is 1.80. The highest BCUT2D eigenvalue weighted by atomic mass is 35.5. The van der Waals surface area contributed by atoms with E-state index in [2.05, 4.69) is 26.3 Å². The van der Waals surface area contributed by atoms with Crippen LogP contribution in [0.15, 0.2) is 48.7 Å². The molecule has 0 atom stereocenters. The molecule has 0 bridgehead atoms. The normalized spacial score (nSPS) is 14.9. The zero-order valence-electron chi connectivity index (χ0n) is 17.4. The van der Waals surface area contributed by atoms with Gasteiger partial charge < -0.3 is 10.2 Å². The van der Waals surface area contributed by atoms with Crippen molar-refractivity contribution in [1.82, 2.24) is 19.8 Å². The molecule has 0 aliphatic carbocycles. The molecule has 6 nitrogen and oxygen atoms in total. The van der Waals surface area contributed by atoms with Crippen LogP contribution in [0.5, 0.6) is 0 Å². The van der Waals surface area contributed by atoms with Crippen LogP contribution < -0.4 is 10.2 Å². The average Bonchev–Trinajstić information content (AvgIpc) is 3.20. The molecule has 1 aliphatic heterocycles. The summed E-state index contributed by atoms with van der Waals surface area (Å²) in [6, 6.07) is 13.9. The van der Waals surface area contributed by atoms with E-state index in [1.807, 2.05) is 43.3 Å². The highest BCUT2D eigenvalue weighted by Gasteiger charge is 2.18. The Labute approximate surface area is 182 Å². The average molecular weight is 426 g/mol. The Morgan fingerprint density at radius 2 is 1.87 bits per heavy atom. The molecule has 0 radical (unpaired) electrons. The van der Waals surface area contributed by atoms with Gasteiger partial charge in [0.05, 0.1) is 28.0 Å². The van der Waals surface area contributed by atoms with Gasteiger partial charge >= 0.3 is 0 Å². The first-order valence-electron chi connectivity index (χ1n) is 10.6. The van der Waals surface area contributed by atoms with Crippen LogP contribution in [0, 0.1) is 6.92 Å². The third kappa shape index (κ3) is 4.60. The van der Waals surface area contributed by atoms with Crippen molar-refractivity contribution >= 4 is 28.7 Å². The Hall–Kier alpha value is -2.57. The van der Waals surface area contributed by atoms with Crippen molar-refractivity contribution in [2.45, 2.75) is 19.8 Å². The molecule has 4 rings (SSSR count). The number of nitrogens with zero attached hydrogens (tertiary/aromatic N) is 4. The number of nitrogens with one attached hydrogen (secondary N) is 1. The number of hydrogen-bond donors (Lipinski definition) is 1. The lowest BCUT2D eigenvalue weighted by Crippen LogP contribution is -2.46. The molecule has 7 heteroatoms. The Bertz CT molecular complexity index is 1010. The van der Waals surface area contributed by atoms with Crippen LogP contribution in [0.25, 0.3) is 5.52 Å². The molecule has 1 amide bonds. The fraction of sp³-hybridized carbons (Fsp3) is 0.391. The van der Waals surface area contributed by atoms with Crippen molar-refractivity contribution in [3.63, 3.8) is 0 Å². The molecule has 30 heavy (non-hydrogen) atoms. The fourth-order valence-corrected chi connectivity index (χ4v) is 4.26. The second-order valence-corrected chi connectivity index (χ2v) is 8.17. The molecule has 1 N–H and O–H groups in total. The second kappa shape index (κ2) is 9.49. The molecule has 3 aromatic rings. The van der Waals surface area contributed by atoms with Gasteiger partial charge in [-0.25, -0.2) is 4.52 Å². The summed E-state index contributed by atoms with van der Waals surface area (Å²) in [5, 5.41) is 8.17. The van der Waals surface area contributed by atoms with E-state index < -0.39 is 0 Å². The van der Waals surface area contributed by atoms with Gasteiger partial charge in [0.15, 0.2) is 0 Å². The molecule has 1 aliphatic rings. The van der Waals surface area contributed by atoms with Gasteiger partial charge in [-0.1, -0.05) is 29.8 Å². The molecular formula is C23H28ClN5O. The van der Waals surface area contributed by atoms with Crippen molar-refractivity contribution in [2.24, 2.45) is 0 Å². The molecule has 0 spiro atoms. The molecule has 2 aromatic heterocycles. The second-order valence-electron chi connectivity index (χ2n) is 7.77. The third-order valence-corrected chi connectivity index (χ3v) is 6.05. The predicted molar refractivity (Wildman–Crippen MR) is 122 cm³/mol. The van der Waals surface area contributed by atoms with Crippen LogP contribution in [0.1, 0.15) is 28.9 Å². The molecular weight excluding hydrogens is 398 g/mol. The van der Waals surface area contributed by atoms with E-state index in [0.29, 0.717) is 12.1 Å². The zero-order chi connectivity index (χ0) is 20.9. The number of carbonyl (C=O) groups excluding carboxylic acids is 1. The van der Waals surface area contributed by atoms with Crippen LogP contribution in [0.4, 0.5) is 5.69 Å². The number of carbonyl (C=O) groups is 1. The van der Waals surface area contributed by atoms with Gasteiger partial charge in [0, 0.05) is 38.4 Å². The lowest BCUT2D eigenvalue weighted by Gasteiger charge is -2.36. The number of rotatable bonds is 7. The van der Waals surface area contributed by atoms with E-state index in [0.717, 1.165) is 67.5 Å². The van der Waals surface area contributed by atoms with Gasteiger partial charge in [0.1, 0.15) is 0 Å². The number of aromatic nitrogens is 2. The lowest BCUT2D eigenvalue weighted by molar-refractivity contribution is 0.0954. The van der Waals surface area contributed by atoms with Crippen LogP contribution in [-0.4, -0.2) is 59.7 Å². The van der Waals surface area contributed by atoms with Gasteiger partial charge in [-0.3, -0.25) is 9.69 Å². The molecule has 3 heterocycles. The highest BCUT2D eigenvalue weighted by Crippen LogP contribution is 2.26. The first-order chi connectivity index (χ1) is 14.6. The monoisotopic (exact) mass is 425 g/mol. The van der Waals surface area contributed by atoms with E-state index in [1.54, 1.807) is 10.7 Å². The van der Waals surface area contributed by atoms with E-state index in [-0.39, 0.29) is 5.91 Å². The number of aryl methyl sites for hydroxylation is 1. The summed E-state index contributed by atoms with van der Waals surface area (Å²) in [5.74, 6) is -0.0519.